The van der Waals surface area contributed by atoms with Crippen LogP contribution in [0.5, 0.6) is 0 Å². The molecule has 0 spiro atoms. The Bertz CT molecular complexity index is 905. The number of halogens is 2. The first kappa shape index (κ1) is 23.7. The average molecular weight is 461 g/mol. The lowest BCUT2D eigenvalue weighted by Gasteiger charge is -2.51. The van der Waals surface area contributed by atoms with E-state index in [0.29, 0.717) is 24.1 Å². The van der Waals surface area contributed by atoms with E-state index in [1.54, 1.807) is 0 Å². The van der Waals surface area contributed by atoms with Crippen LogP contribution in [0.15, 0.2) is 48.5 Å². The minimum atomic E-state index is -0.867. The lowest BCUT2D eigenvalue weighted by Crippen LogP contribution is -2.57. The lowest BCUT2D eigenvalue weighted by atomic mass is 9.66. The van der Waals surface area contributed by atoms with Gasteiger partial charge in [-0.2, -0.15) is 0 Å². The fraction of sp³-hybridized carbons (Fsp3) is 0.538. The molecule has 6 heteroatoms. The maximum absolute atomic E-state index is 13.3. The monoisotopic (exact) mass is 460 g/mol. The normalized spacial score (nSPS) is 29.2. The Balaban J connectivity index is 1.36. The molecule has 0 bridgehead atoms. The number of morpholine rings is 1. The van der Waals surface area contributed by atoms with Crippen molar-refractivity contribution in [2.45, 2.75) is 44.9 Å². The molecule has 2 heterocycles. The molecular formula is C26H34ClFN2O2. The predicted octanol–water partition coefficient (Wildman–Crippen LogP) is 4.86. The van der Waals surface area contributed by atoms with E-state index in [0.717, 1.165) is 43.9 Å². The summed E-state index contributed by atoms with van der Waals surface area (Å²) >= 11 is 6.05. The Morgan fingerprint density at radius 1 is 1.09 bits per heavy atom. The molecule has 2 saturated heterocycles. The van der Waals surface area contributed by atoms with Gasteiger partial charge in [0, 0.05) is 49.2 Å². The Labute approximate surface area is 195 Å². The molecule has 2 aromatic rings. The van der Waals surface area contributed by atoms with E-state index < -0.39 is 5.60 Å². The van der Waals surface area contributed by atoms with Crippen LogP contribution in [0.4, 0.5) is 4.39 Å². The summed E-state index contributed by atoms with van der Waals surface area (Å²) in [5.41, 5.74) is 0.811. The van der Waals surface area contributed by atoms with Gasteiger partial charge in [0.05, 0.1) is 18.3 Å². The summed E-state index contributed by atoms with van der Waals surface area (Å²) in [6.07, 6.45) is 0.665. The highest BCUT2D eigenvalue weighted by atomic mass is 35.5. The van der Waals surface area contributed by atoms with Crippen molar-refractivity contribution in [1.29, 1.82) is 0 Å². The van der Waals surface area contributed by atoms with E-state index in [4.69, 9.17) is 16.3 Å². The molecule has 32 heavy (non-hydrogen) atoms. The van der Waals surface area contributed by atoms with Gasteiger partial charge in [-0.05, 0) is 48.7 Å². The Hall–Kier alpha value is -1.50. The molecule has 2 aromatic carbocycles. The standard InChI is InChI=1S/C26H34ClFN2O2/c1-19-17-32-24(20-4-10-23(28)11-5-20)16-30(19)15-14-29-13-12-26(31,25(2,3)18-29)21-6-8-22(27)9-7-21/h4-11,19,24,31H,12-18H2,1-3H3/t19-,24?,26-/m0/s1. The molecule has 0 saturated carbocycles. The second-order valence-corrected chi connectivity index (χ2v) is 10.4. The number of ether oxygens (including phenoxy) is 1. The van der Waals surface area contributed by atoms with E-state index in [1.807, 2.05) is 36.4 Å². The van der Waals surface area contributed by atoms with Crippen LogP contribution in [0.1, 0.15) is 44.4 Å². The molecule has 4 nitrogen and oxygen atoms in total. The van der Waals surface area contributed by atoms with Gasteiger partial charge in [-0.15, -0.1) is 0 Å². The summed E-state index contributed by atoms with van der Waals surface area (Å²) in [7, 11) is 0. The highest BCUT2D eigenvalue weighted by molar-refractivity contribution is 6.30. The van der Waals surface area contributed by atoms with Crippen LogP contribution in [-0.4, -0.2) is 60.3 Å². The van der Waals surface area contributed by atoms with Gasteiger partial charge in [-0.25, -0.2) is 4.39 Å². The van der Waals surface area contributed by atoms with Gasteiger partial charge in [-0.1, -0.05) is 49.7 Å². The highest BCUT2D eigenvalue weighted by Gasteiger charge is 2.48. The maximum Gasteiger partial charge on any atom is 0.123 e. The second kappa shape index (κ2) is 9.40. The number of piperidine rings is 1. The van der Waals surface area contributed by atoms with E-state index in [-0.39, 0.29) is 17.3 Å². The molecule has 0 radical (unpaired) electrons. The van der Waals surface area contributed by atoms with Gasteiger partial charge >= 0.3 is 0 Å². The summed E-state index contributed by atoms with van der Waals surface area (Å²) in [4.78, 5) is 4.92. The van der Waals surface area contributed by atoms with Crippen molar-refractivity contribution in [2.75, 3.05) is 39.3 Å². The average Bonchev–Trinajstić information content (AvgIpc) is 2.76. The van der Waals surface area contributed by atoms with Gasteiger partial charge in [-0.3, -0.25) is 4.90 Å². The Morgan fingerprint density at radius 2 is 1.78 bits per heavy atom. The van der Waals surface area contributed by atoms with Crippen molar-refractivity contribution < 1.29 is 14.2 Å². The van der Waals surface area contributed by atoms with Crippen molar-refractivity contribution >= 4 is 11.6 Å². The number of benzene rings is 2. The van der Waals surface area contributed by atoms with Crippen molar-refractivity contribution in [2.24, 2.45) is 5.41 Å². The number of likely N-dealkylation sites (tertiary alicyclic amines) is 1. The van der Waals surface area contributed by atoms with Crippen LogP contribution >= 0.6 is 11.6 Å². The van der Waals surface area contributed by atoms with Crippen LogP contribution in [0.25, 0.3) is 0 Å². The summed E-state index contributed by atoms with van der Waals surface area (Å²) < 4.78 is 19.3. The first-order valence-corrected chi connectivity index (χ1v) is 11.9. The zero-order valence-corrected chi connectivity index (χ0v) is 20.0. The first-order chi connectivity index (χ1) is 15.2. The predicted molar refractivity (Wildman–Crippen MR) is 126 cm³/mol. The van der Waals surface area contributed by atoms with E-state index in [9.17, 15) is 9.50 Å². The van der Waals surface area contributed by atoms with Gasteiger partial charge in [0.15, 0.2) is 0 Å². The minimum Gasteiger partial charge on any atom is -0.385 e. The van der Waals surface area contributed by atoms with Crippen LogP contribution in [0.2, 0.25) is 5.02 Å². The second-order valence-electron chi connectivity index (χ2n) is 9.99. The third-order valence-corrected chi connectivity index (χ3v) is 7.61. The molecule has 4 rings (SSSR count). The zero-order valence-electron chi connectivity index (χ0n) is 19.2. The van der Waals surface area contributed by atoms with Crippen LogP contribution in [0.3, 0.4) is 0 Å². The molecule has 2 aliphatic rings. The topological polar surface area (TPSA) is 35.9 Å². The third-order valence-electron chi connectivity index (χ3n) is 7.36. The molecule has 0 aliphatic carbocycles. The third kappa shape index (κ3) is 4.87. The number of hydrogen-bond acceptors (Lipinski definition) is 4. The largest absolute Gasteiger partial charge is 0.385 e. The molecule has 1 N–H and O–H groups in total. The van der Waals surface area contributed by atoms with E-state index in [1.165, 1.54) is 12.1 Å². The zero-order chi connectivity index (χ0) is 22.9. The summed E-state index contributed by atoms with van der Waals surface area (Å²) in [6, 6.07) is 14.6. The molecule has 0 amide bonds. The molecular weight excluding hydrogens is 427 g/mol. The summed E-state index contributed by atoms with van der Waals surface area (Å²) in [6.45, 7) is 11.5. The molecule has 1 unspecified atom stereocenters. The van der Waals surface area contributed by atoms with Crippen LogP contribution < -0.4 is 0 Å². The van der Waals surface area contributed by atoms with Crippen molar-refractivity contribution in [3.63, 3.8) is 0 Å². The number of hydrogen-bond donors (Lipinski definition) is 1. The van der Waals surface area contributed by atoms with Gasteiger partial charge < -0.3 is 14.7 Å². The fourth-order valence-electron chi connectivity index (χ4n) is 5.15. The highest BCUT2D eigenvalue weighted by Crippen LogP contribution is 2.46. The van der Waals surface area contributed by atoms with E-state index >= 15 is 0 Å². The Morgan fingerprint density at radius 3 is 2.44 bits per heavy atom. The van der Waals surface area contributed by atoms with Gasteiger partial charge in [0.25, 0.3) is 0 Å². The lowest BCUT2D eigenvalue weighted by molar-refractivity contribution is -0.128. The number of nitrogens with zero attached hydrogens (tertiary/aromatic N) is 2. The number of aliphatic hydroxyl groups is 1. The SMILES string of the molecule is C[C@H]1COC(c2ccc(F)cc2)CN1CCN1CC[C@](O)(c2ccc(Cl)cc2)C(C)(C)C1. The quantitative estimate of drug-likeness (QED) is 0.691. The van der Waals surface area contributed by atoms with Gasteiger partial charge in [0.1, 0.15) is 5.82 Å². The van der Waals surface area contributed by atoms with E-state index in [2.05, 4.69) is 30.6 Å². The minimum absolute atomic E-state index is 0.0282. The summed E-state index contributed by atoms with van der Waals surface area (Å²) in [5.74, 6) is -0.221. The van der Waals surface area contributed by atoms with Crippen LogP contribution in [0, 0.1) is 11.2 Å². The molecule has 174 valence electrons. The first-order valence-electron chi connectivity index (χ1n) is 11.5. The van der Waals surface area contributed by atoms with Gasteiger partial charge in [0.2, 0.25) is 0 Å². The molecule has 3 atom stereocenters. The maximum atomic E-state index is 13.3. The van der Waals surface area contributed by atoms with Crippen molar-refractivity contribution in [3.05, 3.63) is 70.5 Å². The van der Waals surface area contributed by atoms with Crippen LogP contribution in [-0.2, 0) is 10.3 Å². The van der Waals surface area contributed by atoms with Crippen molar-refractivity contribution in [3.8, 4) is 0 Å². The fourth-order valence-corrected chi connectivity index (χ4v) is 5.27. The molecule has 2 aliphatic heterocycles. The smallest absolute Gasteiger partial charge is 0.123 e. The molecule has 2 fully saturated rings. The van der Waals surface area contributed by atoms with Crippen molar-refractivity contribution in [1.82, 2.24) is 9.80 Å². The molecule has 0 aromatic heterocycles. The summed E-state index contributed by atoms with van der Waals surface area (Å²) in [5, 5.41) is 12.3. The number of rotatable bonds is 5. The Kier molecular flexibility index (Phi) is 6.94.